The van der Waals surface area contributed by atoms with E-state index in [0.29, 0.717) is 5.25 Å². The van der Waals surface area contributed by atoms with Crippen molar-refractivity contribution in [1.82, 2.24) is 5.32 Å². The van der Waals surface area contributed by atoms with Gasteiger partial charge in [0.05, 0.1) is 5.25 Å². The third-order valence-electron chi connectivity index (χ3n) is 4.68. The van der Waals surface area contributed by atoms with Gasteiger partial charge < -0.3 is 10.1 Å². The minimum Gasteiger partial charge on any atom is -0.381 e. The van der Waals surface area contributed by atoms with Gasteiger partial charge in [-0.1, -0.05) is 31.2 Å². The summed E-state index contributed by atoms with van der Waals surface area (Å²) in [7, 11) is -0.774. The molecule has 3 unspecified atom stereocenters. The number of hydrogen-bond acceptors (Lipinski definition) is 3. The molecule has 1 saturated heterocycles. The summed E-state index contributed by atoms with van der Waals surface area (Å²) in [5.74, 6) is 0. The predicted octanol–water partition coefficient (Wildman–Crippen LogP) is 2.58. The molecule has 1 N–H and O–H groups in total. The number of aryl methyl sites for hydroxylation is 1. The molecule has 1 fully saturated rings. The third kappa shape index (κ3) is 3.22. The molecule has 1 aromatic rings. The summed E-state index contributed by atoms with van der Waals surface area (Å²) >= 11 is 0. The zero-order valence-electron chi connectivity index (χ0n) is 12.7. The van der Waals surface area contributed by atoms with Gasteiger partial charge in [0.15, 0.2) is 0 Å². The van der Waals surface area contributed by atoms with Crippen LogP contribution in [0.25, 0.3) is 0 Å². The highest BCUT2D eigenvalue weighted by atomic mass is 32.2. The molecule has 0 amide bonds. The van der Waals surface area contributed by atoms with Crippen LogP contribution in [0, 0.1) is 0 Å². The number of hydrogen-bond donors (Lipinski definition) is 1. The molecule has 1 aliphatic carbocycles. The van der Waals surface area contributed by atoms with Crippen LogP contribution < -0.4 is 5.32 Å². The number of benzene rings is 1. The van der Waals surface area contributed by atoms with E-state index in [4.69, 9.17) is 4.74 Å². The van der Waals surface area contributed by atoms with Gasteiger partial charge in [0.25, 0.3) is 0 Å². The molecular formula is C17H25NO2S. The quantitative estimate of drug-likeness (QED) is 0.929. The summed E-state index contributed by atoms with van der Waals surface area (Å²) in [5.41, 5.74) is 2.78. The first-order chi connectivity index (χ1) is 10.3. The minimum atomic E-state index is -0.774. The van der Waals surface area contributed by atoms with Crippen molar-refractivity contribution in [2.45, 2.75) is 49.1 Å². The second-order valence-corrected chi connectivity index (χ2v) is 7.88. The van der Waals surface area contributed by atoms with Crippen molar-refractivity contribution in [1.29, 1.82) is 0 Å². The van der Waals surface area contributed by atoms with E-state index in [-0.39, 0.29) is 11.3 Å². The van der Waals surface area contributed by atoms with Gasteiger partial charge in [-0.25, -0.2) is 0 Å². The van der Waals surface area contributed by atoms with E-state index in [0.717, 1.165) is 45.4 Å². The van der Waals surface area contributed by atoms with Crippen molar-refractivity contribution in [2.24, 2.45) is 0 Å². The second-order valence-electron chi connectivity index (χ2n) is 5.95. The fraction of sp³-hybridized carbons (Fsp3) is 0.647. The SMILES string of the molecule is CCNC1c2ccccc2CCC1S(=O)C1CCOCC1. The Labute approximate surface area is 129 Å². The molecule has 1 heterocycles. The van der Waals surface area contributed by atoms with Crippen LogP contribution in [0.2, 0.25) is 0 Å². The molecule has 2 aliphatic rings. The van der Waals surface area contributed by atoms with Crippen LogP contribution in [0.3, 0.4) is 0 Å². The van der Waals surface area contributed by atoms with Crippen LogP contribution in [-0.2, 0) is 22.0 Å². The molecule has 21 heavy (non-hydrogen) atoms. The molecule has 0 aromatic heterocycles. The van der Waals surface area contributed by atoms with Crippen LogP contribution in [0.1, 0.15) is 43.4 Å². The lowest BCUT2D eigenvalue weighted by atomic mass is 9.87. The molecule has 3 nitrogen and oxygen atoms in total. The van der Waals surface area contributed by atoms with Crippen molar-refractivity contribution >= 4 is 10.8 Å². The third-order valence-corrected chi connectivity index (χ3v) is 6.91. The molecule has 0 spiro atoms. The van der Waals surface area contributed by atoms with E-state index in [1.54, 1.807) is 0 Å². The lowest BCUT2D eigenvalue weighted by molar-refractivity contribution is 0.0989. The van der Waals surface area contributed by atoms with Crippen LogP contribution in [0.15, 0.2) is 24.3 Å². The molecular weight excluding hydrogens is 282 g/mol. The molecule has 1 aliphatic heterocycles. The predicted molar refractivity (Wildman–Crippen MR) is 87.0 cm³/mol. The maximum absolute atomic E-state index is 13.1. The maximum Gasteiger partial charge on any atom is 0.0549 e. The van der Waals surface area contributed by atoms with Gasteiger partial charge in [-0.3, -0.25) is 4.21 Å². The normalized spacial score (nSPS) is 28.0. The molecule has 116 valence electrons. The zero-order chi connectivity index (χ0) is 14.7. The number of fused-ring (bicyclic) bond motifs is 1. The summed E-state index contributed by atoms with van der Waals surface area (Å²) in [4.78, 5) is 0. The van der Waals surface area contributed by atoms with E-state index in [9.17, 15) is 4.21 Å². The van der Waals surface area contributed by atoms with Gasteiger partial charge in [0, 0.05) is 35.3 Å². The summed E-state index contributed by atoms with van der Waals surface area (Å²) in [5, 5.41) is 4.14. The van der Waals surface area contributed by atoms with Gasteiger partial charge in [0.1, 0.15) is 0 Å². The lowest BCUT2D eigenvalue weighted by Gasteiger charge is -2.36. The van der Waals surface area contributed by atoms with E-state index < -0.39 is 10.8 Å². The maximum atomic E-state index is 13.1. The average molecular weight is 307 g/mol. The van der Waals surface area contributed by atoms with Crippen molar-refractivity contribution in [3.8, 4) is 0 Å². The van der Waals surface area contributed by atoms with E-state index >= 15 is 0 Å². The summed E-state index contributed by atoms with van der Waals surface area (Å²) < 4.78 is 18.5. The summed E-state index contributed by atoms with van der Waals surface area (Å²) in [6, 6.07) is 8.87. The molecule has 4 heteroatoms. The van der Waals surface area contributed by atoms with Crippen LogP contribution >= 0.6 is 0 Å². The smallest absolute Gasteiger partial charge is 0.0549 e. The largest absolute Gasteiger partial charge is 0.381 e. The van der Waals surface area contributed by atoms with Gasteiger partial charge in [-0.15, -0.1) is 0 Å². The highest BCUT2D eigenvalue weighted by Crippen LogP contribution is 2.35. The zero-order valence-corrected chi connectivity index (χ0v) is 13.5. The fourth-order valence-electron chi connectivity index (χ4n) is 3.60. The second kappa shape index (κ2) is 7.03. The molecule has 3 rings (SSSR count). The average Bonchev–Trinajstić information content (AvgIpc) is 2.55. The fourth-order valence-corrected chi connectivity index (χ4v) is 5.61. The number of nitrogens with one attached hydrogen (secondary N) is 1. The molecule has 0 saturated carbocycles. The summed E-state index contributed by atoms with van der Waals surface area (Å²) in [6.45, 7) is 4.59. The molecule has 3 atom stereocenters. The first-order valence-electron chi connectivity index (χ1n) is 8.09. The lowest BCUT2D eigenvalue weighted by Crippen LogP contribution is -2.42. The van der Waals surface area contributed by atoms with Gasteiger partial charge in [-0.2, -0.15) is 0 Å². The first-order valence-corrected chi connectivity index (χ1v) is 9.37. The molecule has 0 bridgehead atoms. The monoisotopic (exact) mass is 307 g/mol. The van der Waals surface area contributed by atoms with Crippen molar-refractivity contribution in [2.75, 3.05) is 19.8 Å². The molecule has 0 radical (unpaired) electrons. The Balaban J connectivity index is 1.82. The Kier molecular flexibility index (Phi) is 5.09. The van der Waals surface area contributed by atoms with E-state index in [1.807, 2.05) is 0 Å². The van der Waals surface area contributed by atoms with Crippen LogP contribution in [-0.4, -0.2) is 34.5 Å². The van der Waals surface area contributed by atoms with Crippen LogP contribution in [0.4, 0.5) is 0 Å². The Bertz CT molecular complexity index is 499. The van der Waals surface area contributed by atoms with E-state index in [2.05, 4.69) is 36.5 Å². The Hall–Kier alpha value is -0.710. The van der Waals surface area contributed by atoms with Crippen molar-refractivity contribution in [3.05, 3.63) is 35.4 Å². The highest BCUT2D eigenvalue weighted by molar-refractivity contribution is 7.86. The topological polar surface area (TPSA) is 38.3 Å². The Morgan fingerprint density at radius 3 is 2.76 bits per heavy atom. The number of rotatable bonds is 4. The van der Waals surface area contributed by atoms with Gasteiger partial charge in [-0.05, 0) is 43.4 Å². The van der Waals surface area contributed by atoms with Crippen molar-refractivity contribution in [3.63, 3.8) is 0 Å². The Morgan fingerprint density at radius 2 is 2.00 bits per heavy atom. The molecule has 1 aromatic carbocycles. The number of ether oxygens (including phenoxy) is 1. The first kappa shape index (κ1) is 15.2. The van der Waals surface area contributed by atoms with E-state index in [1.165, 1.54) is 11.1 Å². The van der Waals surface area contributed by atoms with Crippen LogP contribution in [0.5, 0.6) is 0 Å². The highest BCUT2D eigenvalue weighted by Gasteiger charge is 2.36. The van der Waals surface area contributed by atoms with Crippen molar-refractivity contribution < 1.29 is 8.95 Å². The Morgan fingerprint density at radius 1 is 1.24 bits per heavy atom. The van der Waals surface area contributed by atoms with Gasteiger partial charge in [0.2, 0.25) is 0 Å². The summed E-state index contributed by atoms with van der Waals surface area (Å²) in [6.07, 6.45) is 3.98. The van der Waals surface area contributed by atoms with Gasteiger partial charge >= 0.3 is 0 Å². The minimum absolute atomic E-state index is 0.239. The standard InChI is InChI=1S/C17H25NO2S/c1-2-18-17-15-6-4-3-5-13(15)7-8-16(17)21(19)14-9-11-20-12-10-14/h3-6,14,16-18H,2,7-12H2,1H3.